The van der Waals surface area contributed by atoms with Crippen LogP contribution >= 0.6 is 12.4 Å². The Morgan fingerprint density at radius 2 is 1.44 bits per heavy atom. The van der Waals surface area contributed by atoms with Crippen LogP contribution in [0.15, 0.2) is 42.7 Å². The number of nitrogens with zero attached hydrogens (tertiary/aromatic N) is 3. The predicted molar refractivity (Wildman–Crippen MR) is 106 cm³/mol. The van der Waals surface area contributed by atoms with Gasteiger partial charge in [-0.1, -0.05) is 6.07 Å². The zero-order valence-electron chi connectivity index (χ0n) is 18.1. The van der Waals surface area contributed by atoms with E-state index in [0.29, 0.717) is 6.07 Å². The first-order chi connectivity index (χ1) is 15.3. The molecular formula is C18H21ClF6N4O5. The highest BCUT2D eigenvalue weighted by molar-refractivity contribution is 5.93. The molecule has 2 aromatic heterocycles. The maximum absolute atomic E-state index is 12.3. The van der Waals surface area contributed by atoms with Crippen LogP contribution in [0.2, 0.25) is 0 Å². The second-order valence-corrected chi connectivity index (χ2v) is 5.12. The molecule has 0 radical (unpaired) electrons. The standard InChI is InChI=1S/C9H9F3N2O2.C6H4F3N.C2H7NO.CO2.ClH/c1-14(16-2)8(15)6-3-4-13-7(5-6)9(10,11)12;7-6(8,9)5-3-1-2-4-10-5;1-3-4-2;2-1-3;/h3-5H,1-2H3;1-4H;3H,1-2H3;;1H. The van der Waals surface area contributed by atoms with E-state index in [-0.39, 0.29) is 24.1 Å². The van der Waals surface area contributed by atoms with Gasteiger partial charge in [-0.3, -0.25) is 19.6 Å². The van der Waals surface area contributed by atoms with Crippen LogP contribution in [0.4, 0.5) is 26.3 Å². The van der Waals surface area contributed by atoms with E-state index in [1.807, 2.05) is 0 Å². The number of rotatable bonds is 3. The van der Waals surface area contributed by atoms with Crippen molar-refractivity contribution in [3.63, 3.8) is 0 Å². The Bertz CT molecular complexity index is 849. The molecule has 0 aromatic carbocycles. The van der Waals surface area contributed by atoms with E-state index in [9.17, 15) is 31.1 Å². The lowest BCUT2D eigenvalue weighted by Crippen LogP contribution is -2.25. The van der Waals surface area contributed by atoms with Crippen LogP contribution in [-0.2, 0) is 31.6 Å². The molecule has 0 aliphatic heterocycles. The van der Waals surface area contributed by atoms with Crippen LogP contribution in [0.5, 0.6) is 0 Å². The van der Waals surface area contributed by atoms with Crippen LogP contribution in [0.1, 0.15) is 21.7 Å². The van der Waals surface area contributed by atoms with E-state index in [1.54, 1.807) is 14.2 Å². The number of hydrogen-bond donors (Lipinski definition) is 1. The first-order valence-corrected chi connectivity index (χ1v) is 8.32. The van der Waals surface area contributed by atoms with Crippen molar-refractivity contribution in [2.24, 2.45) is 0 Å². The van der Waals surface area contributed by atoms with Crippen LogP contribution in [0, 0.1) is 0 Å². The van der Waals surface area contributed by atoms with Crippen molar-refractivity contribution in [2.45, 2.75) is 12.4 Å². The lowest BCUT2D eigenvalue weighted by atomic mass is 10.2. The largest absolute Gasteiger partial charge is 0.433 e. The Morgan fingerprint density at radius 1 is 0.971 bits per heavy atom. The van der Waals surface area contributed by atoms with E-state index in [1.165, 1.54) is 32.4 Å². The Kier molecular flexibility index (Phi) is 19.1. The van der Waals surface area contributed by atoms with E-state index in [0.717, 1.165) is 23.5 Å². The Balaban J connectivity index is -0.000000456. The molecule has 1 N–H and O–H groups in total. The van der Waals surface area contributed by atoms with E-state index in [2.05, 4.69) is 25.1 Å². The minimum atomic E-state index is -4.57. The number of amides is 1. The third kappa shape index (κ3) is 15.7. The minimum absolute atomic E-state index is 0. The van der Waals surface area contributed by atoms with Gasteiger partial charge in [0.15, 0.2) is 0 Å². The quantitative estimate of drug-likeness (QED) is 0.482. The van der Waals surface area contributed by atoms with Crippen molar-refractivity contribution in [3.8, 4) is 0 Å². The second kappa shape index (κ2) is 18.3. The molecule has 1 amide bonds. The average molecular weight is 523 g/mol. The molecule has 0 aliphatic carbocycles. The van der Waals surface area contributed by atoms with E-state index in [4.69, 9.17) is 9.59 Å². The molecule has 0 fully saturated rings. The summed E-state index contributed by atoms with van der Waals surface area (Å²) in [5.41, 5.74) is 0.338. The number of halogens is 7. The molecular weight excluding hydrogens is 502 g/mol. The Hall–Kier alpha value is -3.10. The number of hydroxylamine groups is 3. The highest BCUT2D eigenvalue weighted by Crippen LogP contribution is 2.28. The van der Waals surface area contributed by atoms with Crippen molar-refractivity contribution in [3.05, 3.63) is 59.7 Å². The van der Waals surface area contributed by atoms with Gasteiger partial charge in [0.1, 0.15) is 11.4 Å². The minimum Gasteiger partial charge on any atom is -0.305 e. The SMILES string of the molecule is CNOC.CON(C)C(=O)c1ccnc(C(F)(F)F)c1.Cl.FC(F)(F)c1ccccn1.O=C=O. The highest BCUT2D eigenvalue weighted by Gasteiger charge is 2.33. The normalized spacial score (nSPS) is 9.82. The van der Waals surface area contributed by atoms with Gasteiger partial charge in [0.05, 0.1) is 14.2 Å². The fourth-order valence-corrected chi connectivity index (χ4v) is 1.51. The summed E-state index contributed by atoms with van der Waals surface area (Å²) >= 11 is 0. The van der Waals surface area contributed by atoms with Gasteiger partial charge in [-0.25, -0.2) is 10.5 Å². The summed E-state index contributed by atoms with van der Waals surface area (Å²) in [5.74, 6) is -0.671. The molecule has 0 atom stereocenters. The summed E-state index contributed by atoms with van der Waals surface area (Å²) < 4.78 is 72.1. The molecule has 0 unspecified atom stereocenters. The van der Waals surface area contributed by atoms with Gasteiger partial charge < -0.3 is 4.84 Å². The molecule has 0 bridgehead atoms. The zero-order valence-corrected chi connectivity index (χ0v) is 18.9. The van der Waals surface area contributed by atoms with Crippen molar-refractivity contribution < 1.29 is 50.4 Å². The molecule has 16 heteroatoms. The zero-order chi connectivity index (χ0) is 26.1. The maximum Gasteiger partial charge on any atom is 0.433 e. The smallest absolute Gasteiger partial charge is 0.305 e. The molecule has 9 nitrogen and oxygen atoms in total. The van der Waals surface area contributed by atoms with Gasteiger partial charge in [-0.2, -0.15) is 35.9 Å². The number of alkyl halides is 6. The lowest BCUT2D eigenvalue weighted by molar-refractivity contribution is -0.191. The molecule has 0 saturated heterocycles. The number of carbonyl (C=O) groups is 1. The van der Waals surface area contributed by atoms with Gasteiger partial charge in [0.25, 0.3) is 5.91 Å². The molecule has 2 aromatic rings. The summed E-state index contributed by atoms with van der Waals surface area (Å²) in [5, 5.41) is 0.829. The topological polar surface area (TPSA) is 111 Å². The summed E-state index contributed by atoms with van der Waals surface area (Å²) in [4.78, 5) is 42.8. The Labute approximate surface area is 196 Å². The maximum atomic E-state index is 12.3. The van der Waals surface area contributed by atoms with Gasteiger partial charge in [-0.15, -0.1) is 12.4 Å². The summed E-state index contributed by atoms with van der Waals surface area (Å²) in [6.45, 7) is 0. The van der Waals surface area contributed by atoms with Gasteiger partial charge in [-0.05, 0) is 24.3 Å². The Morgan fingerprint density at radius 3 is 1.76 bits per heavy atom. The van der Waals surface area contributed by atoms with Crippen LogP contribution in [0.3, 0.4) is 0 Å². The van der Waals surface area contributed by atoms with Crippen LogP contribution in [0.25, 0.3) is 0 Å². The van der Waals surface area contributed by atoms with Crippen molar-refractivity contribution >= 4 is 24.5 Å². The fourth-order valence-electron chi connectivity index (χ4n) is 1.51. The fraction of sp³-hybridized carbons (Fsp3) is 0.333. The first-order valence-electron chi connectivity index (χ1n) is 8.32. The van der Waals surface area contributed by atoms with Gasteiger partial charge >= 0.3 is 18.5 Å². The molecule has 34 heavy (non-hydrogen) atoms. The average Bonchev–Trinajstić information content (AvgIpc) is 2.78. The van der Waals surface area contributed by atoms with Crippen LogP contribution in [-0.4, -0.2) is 55.4 Å². The molecule has 0 saturated carbocycles. The first kappa shape index (κ1) is 35.5. The third-order valence-electron chi connectivity index (χ3n) is 3.02. The van der Waals surface area contributed by atoms with Crippen molar-refractivity contribution in [1.29, 1.82) is 0 Å². The summed E-state index contributed by atoms with van der Waals surface area (Å²) in [7, 11) is 5.82. The number of carbonyl (C=O) groups excluding carboxylic acids is 3. The summed E-state index contributed by atoms with van der Waals surface area (Å²) in [6, 6.07) is 5.54. The molecule has 0 spiro atoms. The molecule has 192 valence electrons. The molecule has 0 aliphatic rings. The number of nitrogens with one attached hydrogen (secondary N) is 1. The van der Waals surface area contributed by atoms with Gasteiger partial charge in [0.2, 0.25) is 0 Å². The van der Waals surface area contributed by atoms with E-state index >= 15 is 0 Å². The van der Waals surface area contributed by atoms with Crippen molar-refractivity contribution in [1.82, 2.24) is 20.5 Å². The number of pyridine rings is 2. The second-order valence-electron chi connectivity index (χ2n) is 5.12. The third-order valence-corrected chi connectivity index (χ3v) is 3.02. The lowest BCUT2D eigenvalue weighted by Gasteiger charge is -2.14. The van der Waals surface area contributed by atoms with Gasteiger partial charge in [0, 0.05) is 32.1 Å². The van der Waals surface area contributed by atoms with E-state index < -0.39 is 29.6 Å². The van der Waals surface area contributed by atoms with Crippen LogP contribution < -0.4 is 5.48 Å². The highest BCUT2D eigenvalue weighted by atomic mass is 35.5. The van der Waals surface area contributed by atoms with Crippen molar-refractivity contribution in [2.75, 3.05) is 28.3 Å². The summed E-state index contributed by atoms with van der Waals surface area (Å²) in [6.07, 6.45) is -6.59. The predicted octanol–water partition coefficient (Wildman–Crippen LogP) is 3.44. The molecule has 2 heterocycles. The molecule has 2 rings (SSSR count). The monoisotopic (exact) mass is 522 g/mol. The number of hydrogen-bond acceptors (Lipinski definition) is 8. The number of aromatic nitrogens is 2.